The molecule has 40 heavy (non-hydrogen) atoms. The molecule has 2 amide bonds. The van der Waals surface area contributed by atoms with E-state index in [2.05, 4.69) is 22.0 Å². The Morgan fingerprint density at radius 2 is 1.48 bits per heavy atom. The van der Waals surface area contributed by atoms with Crippen molar-refractivity contribution in [1.82, 2.24) is 20.0 Å². The molecule has 2 aromatic rings. The minimum absolute atomic E-state index is 0.150. The summed E-state index contributed by atoms with van der Waals surface area (Å²) in [5.74, 6) is 0.978. The number of benzene rings is 2. The van der Waals surface area contributed by atoms with Crippen molar-refractivity contribution in [2.75, 3.05) is 81.3 Å². The topological polar surface area (TPSA) is 92.8 Å². The number of hydrogen-bond acceptors (Lipinski definition) is 8. The third-order valence-corrected chi connectivity index (χ3v) is 8.07. The van der Waals surface area contributed by atoms with E-state index in [9.17, 15) is 9.59 Å². The van der Waals surface area contributed by atoms with Crippen LogP contribution in [0.1, 0.15) is 46.8 Å². The summed E-state index contributed by atoms with van der Waals surface area (Å²) in [7, 11) is 7.93. The average Bonchev–Trinajstić information content (AvgIpc) is 3.00. The zero-order valence-electron chi connectivity index (χ0n) is 24.5. The fraction of sp³-hybridized carbons (Fsp3) is 0.533. The van der Waals surface area contributed by atoms with Gasteiger partial charge in [0.2, 0.25) is 5.91 Å². The van der Waals surface area contributed by atoms with Gasteiger partial charge in [-0.15, -0.1) is 0 Å². The first-order chi connectivity index (χ1) is 19.4. The molecule has 0 aliphatic carbocycles. The van der Waals surface area contributed by atoms with Crippen LogP contribution in [0.2, 0.25) is 0 Å². The van der Waals surface area contributed by atoms with Crippen LogP contribution >= 0.6 is 0 Å². The van der Waals surface area contributed by atoms with Crippen LogP contribution in [0.25, 0.3) is 0 Å². The second-order valence-corrected chi connectivity index (χ2v) is 10.2. The van der Waals surface area contributed by atoms with E-state index in [4.69, 9.17) is 18.9 Å². The molecule has 1 fully saturated rings. The number of piperazine rings is 1. The van der Waals surface area contributed by atoms with E-state index < -0.39 is 12.0 Å². The Hall–Kier alpha value is -3.50. The normalized spacial score (nSPS) is 19.6. The Labute approximate surface area is 237 Å². The number of carbonyl (C=O) groups excluding carboxylic acids is 2. The van der Waals surface area contributed by atoms with Gasteiger partial charge >= 0.3 is 0 Å². The molecule has 0 radical (unpaired) electrons. The van der Waals surface area contributed by atoms with Crippen molar-refractivity contribution in [2.24, 2.45) is 0 Å². The van der Waals surface area contributed by atoms with Gasteiger partial charge < -0.3 is 39.0 Å². The largest absolute Gasteiger partial charge is 0.493 e. The number of hydrogen-bond donors (Lipinski definition) is 1. The number of ether oxygens (including phenoxy) is 4. The summed E-state index contributed by atoms with van der Waals surface area (Å²) in [5, 5.41) is 3.16. The van der Waals surface area contributed by atoms with E-state index >= 15 is 0 Å². The number of fused-ring (bicyclic) bond motifs is 1. The van der Waals surface area contributed by atoms with E-state index in [0.29, 0.717) is 40.7 Å². The lowest BCUT2D eigenvalue weighted by Crippen LogP contribution is -2.47. The maximum atomic E-state index is 14.0. The Balaban J connectivity index is 1.62. The van der Waals surface area contributed by atoms with Crippen LogP contribution in [-0.2, 0) is 4.79 Å². The number of nitrogens with zero attached hydrogens (tertiary/aromatic N) is 3. The van der Waals surface area contributed by atoms with Gasteiger partial charge in [0, 0.05) is 45.3 Å². The zero-order valence-corrected chi connectivity index (χ0v) is 24.5. The molecular weight excluding hydrogens is 512 g/mol. The fourth-order valence-corrected chi connectivity index (χ4v) is 5.74. The second-order valence-electron chi connectivity index (χ2n) is 10.2. The van der Waals surface area contributed by atoms with Crippen LogP contribution in [0.15, 0.2) is 30.3 Å². The second kappa shape index (κ2) is 13.2. The summed E-state index contributed by atoms with van der Waals surface area (Å²) >= 11 is 0. The first-order valence-electron chi connectivity index (χ1n) is 13.8. The minimum atomic E-state index is -0.677. The van der Waals surface area contributed by atoms with Crippen LogP contribution in [0.5, 0.6) is 23.0 Å². The molecule has 2 heterocycles. The predicted molar refractivity (Wildman–Crippen MR) is 153 cm³/mol. The van der Waals surface area contributed by atoms with Gasteiger partial charge in [0.1, 0.15) is 0 Å². The summed E-state index contributed by atoms with van der Waals surface area (Å²) in [5.41, 5.74) is 1.79. The highest BCUT2D eigenvalue weighted by atomic mass is 16.5. The molecule has 2 atom stereocenters. The number of amides is 2. The third-order valence-electron chi connectivity index (χ3n) is 8.07. The lowest BCUT2D eigenvalue weighted by Gasteiger charge is -2.40. The molecule has 2 aliphatic rings. The van der Waals surface area contributed by atoms with Crippen molar-refractivity contribution in [3.05, 3.63) is 47.0 Å². The van der Waals surface area contributed by atoms with Crippen molar-refractivity contribution >= 4 is 11.8 Å². The summed E-state index contributed by atoms with van der Waals surface area (Å²) < 4.78 is 22.0. The van der Waals surface area contributed by atoms with Crippen molar-refractivity contribution in [2.45, 2.75) is 25.3 Å². The fourth-order valence-electron chi connectivity index (χ4n) is 5.74. The Bertz CT molecular complexity index is 1200. The van der Waals surface area contributed by atoms with E-state index in [1.54, 1.807) is 51.5 Å². The molecule has 0 saturated carbocycles. The first-order valence-corrected chi connectivity index (χ1v) is 13.8. The molecule has 1 N–H and O–H groups in total. The summed E-state index contributed by atoms with van der Waals surface area (Å²) in [6.45, 7) is 9.02. The number of methoxy groups -OCH3 is 4. The van der Waals surface area contributed by atoms with Gasteiger partial charge in [-0.05, 0) is 54.9 Å². The monoisotopic (exact) mass is 554 g/mol. The highest BCUT2D eigenvalue weighted by Gasteiger charge is 2.43. The standard InChI is InChI=1S/C30H42N4O6/c1-7-33-13-15-34(16-14-33)12-8-11-31-29(35)27-21-18-25(39-5)26(40-6)19-22(21)30(36)32(2)28(27)20-9-10-23(37-3)24(17-20)38-4/h9-10,17-19,27-28H,7-8,11-16H2,1-6H3,(H,31,35)/t27-,28+/m0/s1. The van der Waals surface area contributed by atoms with Crippen LogP contribution in [0.3, 0.4) is 0 Å². The molecule has 0 bridgehead atoms. The van der Waals surface area contributed by atoms with Crippen LogP contribution in [0, 0.1) is 0 Å². The number of nitrogens with one attached hydrogen (secondary N) is 1. The van der Waals surface area contributed by atoms with E-state index in [1.165, 1.54) is 7.11 Å². The Morgan fingerprint density at radius 1 is 0.875 bits per heavy atom. The van der Waals surface area contributed by atoms with Gasteiger partial charge in [-0.25, -0.2) is 0 Å². The maximum Gasteiger partial charge on any atom is 0.254 e. The molecule has 10 heteroatoms. The molecule has 1 saturated heterocycles. The number of likely N-dealkylation sites (N-methyl/N-ethyl adjacent to an activating group) is 2. The first kappa shape index (κ1) is 29.5. The molecule has 0 unspecified atom stereocenters. The van der Waals surface area contributed by atoms with Crippen molar-refractivity contribution < 1.29 is 28.5 Å². The van der Waals surface area contributed by atoms with Crippen molar-refractivity contribution in [3.8, 4) is 23.0 Å². The highest BCUT2D eigenvalue weighted by molar-refractivity contribution is 6.02. The van der Waals surface area contributed by atoms with Gasteiger partial charge in [-0.3, -0.25) is 9.59 Å². The average molecular weight is 555 g/mol. The SMILES string of the molecule is CCN1CCN(CCCNC(=O)[C@H]2c3cc(OC)c(OC)cc3C(=O)N(C)[C@@H]2c2ccc(OC)c(OC)c2)CC1. The number of rotatable bonds is 11. The van der Waals surface area contributed by atoms with Crippen LogP contribution < -0.4 is 24.3 Å². The third kappa shape index (κ3) is 5.97. The molecule has 2 aliphatic heterocycles. The van der Waals surface area contributed by atoms with E-state index in [0.717, 1.165) is 51.3 Å². The summed E-state index contributed by atoms with van der Waals surface area (Å²) in [4.78, 5) is 34.1. The quantitative estimate of drug-likeness (QED) is 0.424. The molecule has 218 valence electrons. The van der Waals surface area contributed by atoms with Crippen molar-refractivity contribution in [1.29, 1.82) is 0 Å². The van der Waals surface area contributed by atoms with E-state index in [-0.39, 0.29) is 11.8 Å². The maximum absolute atomic E-state index is 14.0. The Morgan fingerprint density at radius 3 is 2.10 bits per heavy atom. The molecule has 4 rings (SSSR count). The summed E-state index contributed by atoms with van der Waals surface area (Å²) in [6.07, 6.45) is 0.846. The lowest BCUT2D eigenvalue weighted by atomic mass is 9.79. The lowest BCUT2D eigenvalue weighted by molar-refractivity contribution is -0.124. The minimum Gasteiger partial charge on any atom is -0.493 e. The molecule has 0 spiro atoms. The van der Waals surface area contributed by atoms with Crippen LogP contribution in [0.4, 0.5) is 0 Å². The van der Waals surface area contributed by atoms with Crippen LogP contribution in [-0.4, -0.2) is 108 Å². The molecular formula is C30H42N4O6. The molecule has 2 aromatic carbocycles. The van der Waals surface area contributed by atoms with Gasteiger partial charge in [-0.2, -0.15) is 0 Å². The molecule has 0 aromatic heterocycles. The smallest absolute Gasteiger partial charge is 0.254 e. The van der Waals surface area contributed by atoms with Gasteiger partial charge in [0.15, 0.2) is 23.0 Å². The Kier molecular flexibility index (Phi) is 9.76. The predicted octanol–water partition coefficient (Wildman–Crippen LogP) is 2.78. The van der Waals surface area contributed by atoms with E-state index in [1.807, 2.05) is 12.1 Å². The summed E-state index contributed by atoms with van der Waals surface area (Å²) in [6, 6.07) is 8.34. The van der Waals surface area contributed by atoms with Gasteiger partial charge in [0.25, 0.3) is 5.91 Å². The highest BCUT2D eigenvalue weighted by Crippen LogP contribution is 2.46. The molecule has 10 nitrogen and oxygen atoms in total. The van der Waals surface area contributed by atoms with Gasteiger partial charge in [-0.1, -0.05) is 13.0 Å². The zero-order chi connectivity index (χ0) is 28.8. The van der Waals surface area contributed by atoms with Gasteiger partial charge in [0.05, 0.1) is 40.4 Å². The number of carbonyl (C=O) groups is 2. The van der Waals surface area contributed by atoms with Crippen molar-refractivity contribution in [3.63, 3.8) is 0 Å².